The molecule has 130 valence electrons. The number of anilines is 1. The zero-order valence-corrected chi connectivity index (χ0v) is 14.3. The molecule has 8 nitrogen and oxygen atoms in total. The Morgan fingerprint density at radius 3 is 2.72 bits per heavy atom. The molecular weight excluding hydrogens is 373 g/mol. The van der Waals surface area contributed by atoms with E-state index in [-0.39, 0.29) is 27.7 Å². The molecule has 0 aliphatic heterocycles. The molecule has 25 heavy (non-hydrogen) atoms. The van der Waals surface area contributed by atoms with E-state index in [1.54, 1.807) is 0 Å². The quantitative estimate of drug-likeness (QED) is 0.481. The first-order valence-electron chi connectivity index (χ1n) is 6.81. The van der Waals surface area contributed by atoms with E-state index < -0.39 is 23.4 Å². The van der Waals surface area contributed by atoms with Gasteiger partial charge in [0.15, 0.2) is 12.4 Å². The number of carbonyl (C=O) groups is 2. The fourth-order valence-electron chi connectivity index (χ4n) is 1.93. The fourth-order valence-corrected chi connectivity index (χ4v) is 2.35. The van der Waals surface area contributed by atoms with Crippen LogP contribution in [0.4, 0.5) is 11.5 Å². The van der Waals surface area contributed by atoms with Crippen LogP contribution in [0.3, 0.4) is 0 Å². The fraction of sp³-hybridized carbons (Fsp3) is 0.133. The minimum Gasteiger partial charge on any atom is -0.452 e. The van der Waals surface area contributed by atoms with Crippen molar-refractivity contribution >= 4 is 46.6 Å². The van der Waals surface area contributed by atoms with Crippen LogP contribution in [0.25, 0.3) is 0 Å². The zero-order valence-electron chi connectivity index (χ0n) is 12.8. The van der Waals surface area contributed by atoms with Gasteiger partial charge in [0.2, 0.25) is 0 Å². The van der Waals surface area contributed by atoms with E-state index in [2.05, 4.69) is 10.3 Å². The molecule has 1 heterocycles. The predicted molar refractivity (Wildman–Crippen MR) is 91.0 cm³/mol. The summed E-state index contributed by atoms with van der Waals surface area (Å²) in [6, 6.07) is 5.40. The molecule has 0 fully saturated rings. The number of nitrogens with zero attached hydrogens (tertiary/aromatic N) is 2. The Kier molecular flexibility index (Phi) is 5.89. The highest BCUT2D eigenvalue weighted by Crippen LogP contribution is 2.23. The molecule has 0 aliphatic rings. The zero-order chi connectivity index (χ0) is 18.6. The molecule has 1 aromatic heterocycles. The molecule has 0 saturated carbocycles. The van der Waals surface area contributed by atoms with Gasteiger partial charge in [0.1, 0.15) is 0 Å². The normalized spacial score (nSPS) is 10.2. The Labute approximate surface area is 151 Å². The number of benzene rings is 1. The summed E-state index contributed by atoms with van der Waals surface area (Å²) in [4.78, 5) is 38.0. The minimum absolute atomic E-state index is 0.00431. The maximum Gasteiger partial charge on any atom is 0.339 e. The summed E-state index contributed by atoms with van der Waals surface area (Å²) in [5.74, 6) is -1.46. The summed E-state index contributed by atoms with van der Waals surface area (Å²) >= 11 is 11.6. The van der Waals surface area contributed by atoms with Crippen LogP contribution >= 0.6 is 23.2 Å². The van der Waals surface area contributed by atoms with Gasteiger partial charge in [0, 0.05) is 17.8 Å². The molecule has 0 saturated heterocycles. The second-order valence-electron chi connectivity index (χ2n) is 4.82. The van der Waals surface area contributed by atoms with Crippen molar-refractivity contribution in [2.45, 2.75) is 6.92 Å². The van der Waals surface area contributed by atoms with Gasteiger partial charge in [0.25, 0.3) is 11.6 Å². The largest absolute Gasteiger partial charge is 0.452 e. The molecule has 2 aromatic rings. The first-order valence-corrected chi connectivity index (χ1v) is 7.57. The van der Waals surface area contributed by atoms with Gasteiger partial charge in [-0.15, -0.1) is 0 Å². The van der Waals surface area contributed by atoms with Gasteiger partial charge < -0.3 is 10.1 Å². The first-order chi connectivity index (χ1) is 11.8. The lowest BCUT2D eigenvalue weighted by atomic mass is 10.1. The van der Waals surface area contributed by atoms with Gasteiger partial charge in [-0.05, 0) is 19.1 Å². The molecule has 0 unspecified atom stereocenters. The summed E-state index contributed by atoms with van der Waals surface area (Å²) < 4.78 is 4.87. The Morgan fingerprint density at radius 1 is 1.36 bits per heavy atom. The molecule has 0 radical (unpaired) electrons. The average molecular weight is 384 g/mol. The number of nitrogens with one attached hydrogen (secondary N) is 1. The lowest BCUT2D eigenvalue weighted by Gasteiger charge is -2.08. The van der Waals surface area contributed by atoms with Crippen molar-refractivity contribution in [3.8, 4) is 0 Å². The van der Waals surface area contributed by atoms with Crippen molar-refractivity contribution in [1.82, 2.24) is 4.98 Å². The van der Waals surface area contributed by atoms with Gasteiger partial charge in [-0.1, -0.05) is 29.3 Å². The van der Waals surface area contributed by atoms with Crippen LogP contribution in [0, 0.1) is 17.0 Å². The molecule has 1 aromatic carbocycles. The number of amides is 1. The molecule has 0 spiro atoms. The van der Waals surface area contributed by atoms with Gasteiger partial charge in [-0.2, -0.15) is 0 Å². The average Bonchev–Trinajstić information content (AvgIpc) is 2.55. The Balaban J connectivity index is 2.01. The molecule has 0 aliphatic carbocycles. The molecule has 2 rings (SSSR count). The van der Waals surface area contributed by atoms with E-state index in [1.165, 1.54) is 37.4 Å². The number of rotatable bonds is 5. The van der Waals surface area contributed by atoms with Gasteiger partial charge >= 0.3 is 5.97 Å². The number of carbonyl (C=O) groups excluding carboxylic acids is 2. The van der Waals surface area contributed by atoms with E-state index in [0.717, 1.165) is 0 Å². The number of esters is 1. The van der Waals surface area contributed by atoms with Crippen LogP contribution in [0.5, 0.6) is 0 Å². The van der Waals surface area contributed by atoms with Crippen LogP contribution in [0.15, 0.2) is 30.5 Å². The van der Waals surface area contributed by atoms with Crippen molar-refractivity contribution in [3.05, 3.63) is 61.7 Å². The van der Waals surface area contributed by atoms with Crippen molar-refractivity contribution in [2.24, 2.45) is 0 Å². The molecule has 0 bridgehead atoms. The highest BCUT2D eigenvalue weighted by atomic mass is 35.5. The maximum absolute atomic E-state index is 12.0. The number of ether oxygens (including phenoxy) is 1. The molecule has 1 N–H and O–H groups in total. The molecule has 0 atom stereocenters. The second kappa shape index (κ2) is 7.91. The smallest absolute Gasteiger partial charge is 0.339 e. The molecule has 10 heteroatoms. The van der Waals surface area contributed by atoms with Crippen LogP contribution in [0.2, 0.25) is 10.0 Å². The first kappa shape index (κ1) is 18.6. The third-order valence-electron chi connectivity index (χ3n) is 3.12. The Morgan fingerprint density at radius 2 is 2.08 bits per heavy atom. The third-order valence-corrected chi connectivity index (χ3v) is 3.62. The highest BCUT2D eigenvalue weighted by Gasteiger charge is 2.20. The summed E-state index contributed by atoms with van der Waals surface area (Å²) in [7, 11) is 0. The number of nitro benzene ring substituents is 1. The van der Waals surface area contributed by atoms with Gasteiger partial charge in [0.05, 0.1) is 20.5 Å². The summed E-state index contributed by atoms with van der Waals surface area (Å²) in [6.07, 6.45) is 1.29. The number of hydrogen-bond donors (Lipinski definition) is 1. The second-order valence-corrected chi connectivity index (χ2v) is 5.66. The SMILES string of the molecule is Cc1c(C(=O)OCC(=O)Nc2ncc(Cl)cc2Cl)cccc1[N+](=O)[O-]. The topological polar surface area (TPSA) is 111 Å². The number of halogens is 2. The monoisotopic (exact) mass is 383 g/mol. The van der Waals surface area contributed by atoms with E-state index in [4.69, 9.17) is 27.9 Å². The number of aromatic nitrogens is 1. The summed E-state index contributed by atoms with van der Waals surface area (Å²) in [5.41, 5.74) is -0.0546. The van der Waals surface area contributed by atoms with E-state index in [0.29, 0.717) is 5.02 Å². The lowest BCUT2D eigenvalue weighted by Crippen LogP contribution is -2.22. The van der Waals surface area contributed by atoms with Crippen LogP contribution in [-0.4, -0.2) is 28.4 Å². The minimum atomic E-state index is -0.855. The van der Waals surface area contributed by atoms with E-state index in [1.807, 2.05) is 0 Å². The van der Waals surface area contributed by atoms with Crippen LogP contribution < -0.4 is 5.32 Å². The van der Waals surface area contributed by atoms with Crippen molar-refractivity contribution in [1.29, 1.82) is 0 Å². The Hall–Kier alpha value is -2.71. The van der Waals surface area contributed by atoms with Crippen LogP contribution in [0.1, 0.15) is 15.9 Å². The predicted octanol–water partition coefficient (Wildman–Crippen LogP) is 3.40. The van der Waals surface area contributed by atoms with Crippen LogP contribution in [-0.2, 0) is 9.53 Å². The maximum atomic E-state index is 12.0. The summed E-state index contributed by atoms with van der Waals surface area (Å²) in [5, 5.41) is 13.7. The Bertz CT molecular complexity index is 857. The van der Waals surface area contributed by atoms with Crippen molar-refractivity contribution in [2.75, 3.05) is 11.9 Å². The number of hydrogen-bond acceptors (Lipinski definition) is 6. The lowest BCUT2D eigenvalue weighted by molar-refractivity contribution is -0.385. The van der Waals surface area contributed by atoms with E-state index >= 15 is 0 Å². The van der Waals surface area contributed by atoms with Gasteiger partial charge in [-0.3, -0.25) is 14.9 Å². The number of nitro groups is 1. The third kappa shape index (κ3) is 4.65. The molecular formula is C15H11Cl2N3O5. The van der Waals surface area contributed by atoms with Crippen molar-refractivity contribution < 1.29 is 19.2 Å². The summed E-state index contributed by atoms with van der Waals surface area (Å²) in [6.45, 7) is 0.813. The standard InChI is InChI=1S/C15H11Cl2N3O5/c1-8-10(3-2-4-12(8)20(23)24)15(22)25-7-13(21)19-14-11(17)5-9(16)6-18-14/h2-6H,7H2,1H3,(H,18,19,21). The molecule has 1 amide bonds. The van der Waals surface area contributed by atoms with E-state index in [9.17, 15) is 19.7 Å². The highest BCUT2D eigenvalue weighted by molar-refractivity contribution is 6.36. The number of pyridine rings is 1. The van der Waals surface area contributed by atoms with Crippen molar-refractivity contribution in [3.63, 3.8) is 0 Å². The van der Waals surface area contributed by atoms with Gasteiger partial charge in [-0.25, -0.2) is 9.78 Å².